The van der Waals surface area contributed by atoms with Crippen molar-refractivity contribution in [3.05, 3.63) is 0 Å². The number of aliphatic carboxylic acids is 1. The molecule has 4 heteroatoms. The van der Waals surface area contributed by atoms with Crippen molar-refractivity contribution in [2.24, 2.45) is 16.7 Å². The van der Waals surface area contributed by atoms with E-state index in [9.17, 15) is 9.90 Å². The minimum Gasteiger partial charge on any atom is -0.479 e. The van der Waals surface area contributed by atoms with E-state index in [1.165, 1.54) is 0 Å². The third kappa shape index (κ3) is 2.30. The summed E-state index contributed by atoms with van der Waals surface area (Å²) in [6, 6.07) is 0. The molecule has 1 aliphatic heterocycles. The second-order valence-electron chi connectivity index (χ2n) is 7.93. The quantitative estimate of drug-likeness (QED) is 0.653. The fraction of sp³-hybridized carbons (Fsp3) is 0.944. The molecule has 3 atom stereocenters. The summed E-state index contributed by atoms with van der Waals surface area (Å²) in [5, 5.41) is 9.96. The van der Waals surface area contributed by atoms with Gasteiger partial charge in [-0.3, -0.25) is 0 Å². The number of hydrogen-bond donors (Lipinski definition) is 1. The van der Waals surface area contributed by atoms with E-state index in [2.05, 4.69) is 48.5 Å². The van der Waals surface area contributed by atoms with Crippen molar-refractivity contribution < 1.29 is 19.7 Å². The van der Waals surface area contributed by atoms with Crippen LogP contribution < -0.4 is 0 Å². The topological polar surface area (TPSA) is 55.8 Å². The van der Waals surface area contributed by atoms with Crippen molar-refractivity contribution in [3.8, 4) is 0 Å². The Kier molecular flexibility index (Phi) is 5.41. The summed E-state index contributed by atoms with van der Waals surface area (Å²) < 4.78 is 0. The molecule has 1 N–H and O–H groups in total. The lowest BCUT2D eigenvalue weighted by atomic mass is 9.50. The summed E-state index contributed by atoms with van der Waals surface area (Å²) in [5.41, 5.74) is -2.41. The van der Waals surface area contributed by atoms with E-state index in [0.717, 1.165) is 19.3 Å². The van der Waals surface area contributed by atoms with Crippen molar-refractivity contribution in [1.82, 2.24) is 0 Å². The minimum absolute atomic E-state index is 0.0269. The summed E-state index contributed by atoms with van der Waals surface area (Å²) in [5.74, 6) is -0.808. The van der Waals surface area contributed by atoms with Gasteiger partial charge in [0, 0.05) is 11.3 Å². The van der Waals surface area contributed by atoms with Crippen LogP contribution in [0.3, 0.4) is 0 Å². The van der Waals surface area contributed by atoms with Crippen LogP contribution in [-0.2, 0) is 14.6 Å². The molecule has 0 aromatic rings. The maximum absolute atomic E-state index is 12.1. The fourth-order valence-electron chi connectivity index (χ4n) is 4.27. The zero-order valence-corrected chi connectivity index (χ0v) is 15.6. The van der Waals surface area contributed by atoms with Gasteiger partial charge < -0.3 is 5.11 Å². The van der Waals surface area contributed by atoms with Crippen molar-refractivity contribution in [1.29, 1.82) is 0 Å². The van der Waals surface area contributed by atoms with Crippen LogP contribution in [0.4, 0.5) is 0 Å². The first-order valence-electron chi connectivity index (χ1n) is 8.63. The van der Waals surface area contributed by atoms with Gasteiger partial charge in [0.15, 0.2) is 5.60 Å². The second-order valence-corrected chi connectivity index (χ2v) is 7.93. The van der Waals surface area contributed by atoms with Crippen molar-refractivity contribution in [2.75, 3.05) is 0 Å². The molecule has 0 bridgehead atoms. The van der Waals surface area contributed by atoms with Crippen LogP contribution in [0.2, 0.25) is 0 Å². The van der Waals surface area contributed by atoms with Gasteiger partial charge in [0.25, 0.3) is 0 Å². The lowest BCUT2D eigenvalue weighted by Crippen LogP contribution is -2.80. The van der Waals surface area contributed by atoms with Gasteiger partial charge in [-0.1, -0.05) is 61.8 Å². The van der Waals surface area contributed by atoms with Crippen LogP contribution in [0.1, 0.15) is 81.1 Å². The molecule has 1 fully saturated rings. The highest BCUT2D eigenvalue weighted by Crippen LogP contribution is 2.63. The lowest BCUT2D eigenvalue weighted by Gasteiger charge is -2.65. The van der Waals surface area contributed by atoms with Gasteiger partial charge in [0.05, 0.1) is 0 Å². The van der Waals surface area contributed by atoms with Gasteiger partial charge in [-0.25, -0.2) is 14.6 Å². The monoisotopic (exact) mass is 314 g/mol. The number of rotatable bonds is 8. The molecule has 22 heavy (non-hydrogen) atoms. The molecule has 0 aliphatic carbocycles. The van der Waals surface area contributed by atoms with Gasteiger partial charge >= 0.3 is 5.97 Å². The summed E-state index contributed by atoms with van der Waals surface area (Å²) in [7, 11) is 0. The zero-order chi connectivity index (χ0) is 17.4. The van der Waals surface area contributed by atoms with E-state index < -0.39 is 17.2 Å². The molecule has 1 heterocycles. The molecule has 1 saturated heterocycles. The van der Waals surface area contributed by atoms with Crippen LogP contribution in [0.5, 0.6) is 0 Å². The Morgan fingerprint density at radius 3 is 1.82 bits per heavy atom. The van der Waals surface area contributed by atoms with Crippen LogP contribution in [0, 0.1) is 16.7 Å². The normalized spacial score (nSPS) is 30.7. The predicted molar refractivity (Wildman–Crippen MR) is 87.5 cm³/mol. The zero-order valence-electron chi connectivity index (χ0n) is 15.6. The molecule has 3 unspecified atom stereocenters. The van der Waals surface area contributed by atoms with Gasteiger partial charge in [-0.2, -0.15) is 0 Å². The average Bonchev–Trinajstić information content (AvgIpc) is 2.43. The van der Waals surface area contributed by atoms with Crippen LogP contribution in [0.15, 0.2) is 0 Å². The highest BCUT2D eigenvalue weighted by molar-refractivity contribution is 5.80. The maximum atomic E-state index is 12.1. The first-order valence-corrected chi connectivity index (χ1v) is 8.63. The van der Waals surface area contributed by atoms with Crippen LogP contribution in [0.25, 0.3) is 0 Å². The number of carboxylic acids is 1. The Morgan fingerprint density at radius 2 is 1.59 bits per heavy atom. The first kappa shape index (κ1) is 19.4. The summed E-state index contributed by atoms with van der Waals surface area (Å²) >= 11 is 0. The molecule has 0 radical (unpaired) electrons. The molecular formula is C18H34O4. The smallest absolute Gasteiger partial charge is 0.342 e. The molecule has 1 aliphatic rings. The maximum Gasteiger partial charge on any atom is 0.342 e. The highest BCUT2D eigenvalue weighted by atomic mass is 17.3. The van der Waals surface area contributed by atoms with E-state index in [0.29, 0.717) is 6.42 Å². The molecule has 0 spiro atoms. The molecule has 1 rings (SSSR count). The summed E-state index contributed by atoms with van der Waals surface area (Å²) in [6.45, 7) is 16.9. The Balaban J connectivity index is 3.60. The largest absolute Gasteiger partial charge is 0.479 e. The number of carbonyl (C=O) groups is 1. The molecular weight excluding hydrogens is 280 g/mol. The number of carboxylic acid groups (broad SMARTS) is 1. The second kappa shape index (κ2) is 6.12. The van der Waals surface area contributed by atoms with Gasteiger partial charge in [-0.05, 0) is 24.7 Å². The molecule has 0 aromatic carbocycles. The Labute approximate surface area is 135 Å². The Morgan fingerprint density at radius 1 is 1.05 bits per heavy atom. The van der Waals surface area contributed by atoms with E-state index >= 15 is 0 Å². The molecule has 130 valence electrons. The molecule has 0 amide bonds. The SMILES string of the molecule is CCC(C(C)(C)CC)C1(C(C)(C)CC)OOC1(CC)C(=O)O. The van der Waals surface area contributed by atoms with E-state index in [4.69, 9.17) is 9.78 Å². The molecule has 0 aromatic heterocycles. The Hall–Kier alpha value is -0.610. The highest BCUT2D eigenvalue weighted by Gasteiger charge is 2.77. The summed E-state index contributed by atoms with van der Waals surface area (Å²) in [4.78, 5) is 23.3. The number of hydrogen-bond acceptors (Lipinski definition) is 3. The Bertz CT molecular complexity index is 411. The van der Waals surface area contributed by atoms with Gasteiger partial charge in [-0.15, -0.1) is 0 Å². The third-order valence-corrected chi connectivity index (χ3v) is 6.40. The van der Waals surface area contributed by atoms with Crippen molar-refractivity contribution >= 4 is 5.97 Å². The minimum atomic E-state index is -1.26. The average molecular weight is 314 g/mol. The first-order chi connectivity index (χ1) is 10.0. The van der Waals surface area contributed by atoms with Crippen LogP contribution in [-0.4, -0.2) is 22.3 Å². The van der Waals surface area contributed by atoms with Gasteiger partial charge in [0.2, 0.25) is 5.60 Å². The van der Waals surface area contributed by atoms with E-state index in [-0.39, 0.29) is 16.7 Å². The predicted octanol–water partition coefficient (Wildman–Crippen LogP) is 4.82. The van der Waals surface area contributed by atoms with E-state index in [1.807, 2.05) is 6.92 Å². The standard InChI is InChI=1S/C18H34O4/c1-9-13(15(5,6)10-2)18(16(7,8)11-3)17(12-4,14(19)20)21-22-18/h13H,9-12H2,1-8H3,(H,19,20). The fourth-order valence-corrected chi connectivity index (χ4v) is 4.27. The molecule has 4 nitrogen and oxygen atoms in total. The van der Waals surface area contributed by atoms with E-state index in [1.54, 1.807) is 0 Å². The van der Waals surface area contributed by atoms with Crippen molar-refractivity contribution in [3.63, 3.8) is 0 Å². The van der Waals surface area contributed by atoms with Crippen LogP contribution >= 0.6 is 0 Å². The lowest BCUT2D eigenvalue weighted by molar-refractivity contribution is -0.576. The summed E-state index contributed by atoms with van der Waals surface area (Å²) in [6.07, 6.45) is 3.07. The van der Waals surface area contributed by atoms with Gasteiger partial charge in [0.1, 0.15) is 0 Å². The third-order valence-electron chi connectivity index (χ3n) is 6.40. The molecule has 0 saturated carbocycles. The van der Waals surface area contributed by atoms with Crippen molar-refractivity contribution in [2.45, 2.75) is 92.3 Å².